The highest BCUT2D eigenvalue weighted by Gasteiger charge is 2.27. The van der Waals surface area contributed by atoms with Crippen molar-refractivity contribution in [2.45, 2.75) is 77.5 Å². The average molecular weight is 496 g/mol. The molecule has 0 spiro atoms. The number of aliphatic hydroxyl groups excluding tert-OH is 1. The summed E-state index contributed by atoms with van der Waals surface area (Å²) < 4.78 is 5.49. The predicted molar refractivity (Wildman–Crippen MR) is 123 cm³/mol. The van der Waals surface area contributed by atoms with E-state index < -0.39 is 6.10 Å². The molecule has 0 amide bonds. The number of nitrogens with one attached hydrogen (secondary N) is 2. The molecule has 160 valence electrons. The minimum Gasteiger partial charge on any atom is -0.389 e. The van der Waals surface area contributed by atoms with Crippen LogP contribution >= 0.6 is 24.0 Å². The molecule has 3 N–H and O–H groups in total. The predicted octanol–water partition coefficient (Wildman–Crippen LogP) is 2.60. The van der Waals surface area contributed by atoms with Gasteiger partial charge in [0.2, 0.25) is 0 Å². The second-order valence-electron chi connectivity index (χ2n) is 8.20. The molecule has 1 atom stereocenters. The monoisotopic (exact) mass is 496 g/mol. The highest BCUT2D eigenvalue weighted by atomic mass is 127. The van der Waals surface area contributed by atoms with Crippen LogP contribution in [0.5, 0.6) is 0 Å². The van der Waals surface area contributed by atoms with Gasteiger partial charge >= 0.3 is 0 Å². The van der Waals surface area contributed by atoms with Crippen LogP contribution < -0.4 is 10.6 Å². The molecule has 2 rings (SSSR count). The SMILES string of the molecule is CCNC(=NCC(O)COCC(C)C)NC1CCN(C2CCCC2)CC1.I. The van der Waals surface area contributed by atoms with Crippen LogP contribution in [0, 0.1) is 5.92 Å². The van der Waals surface area contributed by atoms with Crippen LogP contribution in [0.4, 0.5) is 0 Å². The van der Waals surface area contributed by atoms with Gasteiger partial charge in [-0.25, -0.2) is 0 Å². The lowest BCUT2D eigenvalue weighted by atomic mass is 10.0. The molecule has 0 aromatic heterocycles. The molecule has 2 fully saturated rings. The van der Waals surface area contributed by atoms with Gasteiger partial charge in [0.25, 0.3) is 0 Å². The fraction of sp³-hybridized carbons (Fsp3) is 0.950. The molecule has 27 heavy (non-hydrogen) atoms. The van der Waals surface area contributed by atoms with E-state index in [-0.39, 0.29) is 24.0 Å². The molecular formula is C20H41IN4O2. The second kappa shape index (κ2) is 14.0. The van der Waals surface area contributed by atoms with Crippen LogP contribution in [-0.2, 0) is 4.74 Å². The Morgan fingerprint density at radius 2 is 1.81 bits per heavy atom. The van der Waals surface area contributed by atoms with Gasteiger partial charge in [-0.2, -0.15) is 0 Å². The molecule has 0 bridgehead atoms. The Labute approximate surface area is 182 Å². The van der Waals surface area contributed by atoms with Crippen molar-refractivity contribution in [3.05, 3.63) is 0 Å². The maximum atomic E-state index is 10.0. The minimum absolute atomic E-state index is 0. The first-order chi connectivity index (χ1) is 12.6. The number of guanidine groups is 1. The average Bonchev–Trinajstić information content (AvgIpc) is 3.15. The van der Waals surface area contributed by atoms with Crippen LogP contribution in [0.15, 0.2) is 4.99 Å². The summed E-state index contributed by atoms with van der Waals surface area (Å²) >= 11 is 0. The van der Waals surface area contributed by atoms with Gasteiger partial charge in [-0.1, -0.05) is 26.7 Å². The molecule has 0 aromatic rings. The molecular weight excluding hydrogens is 455 g/mol. The van der Waals surface area contributed by atoms with E-state index in [0.717, 1.165) is 18.5 Å². The molecule has 1 unspecified atom stereocenters. The van der Waals surface area contributed by atoms with Crippen LogP contribution in [0.3, 0.4) is 0 Å². The van der Waals surface area contributed by atoms with Crippen molar-refractivity contribution in [2.24, 2.45) is 10.9 Å². The van der Waals surface area contributed by atoms with Crippen molar-refractivity contribution in [1.29, 1.82) is 0 Å². The summed E-state index contributed by atoms with van der Waals surface area (Å²) in [6, 6.07) is 1.30. The van der Waals surface area contributed by atoms with E-state index in [2.05, 4.69) is 41.3 Å². The van der Waals surface area contributed by atoms with Crippen LogP contribution in [0.25, 0.3) is 0 Å². The fourth-order valence-corrected chi connectivity index (χ4v) is 3.88. The Balaban J connectivity index is 0.00000364. The van der Waals surface area contributed by atoms with Crippen molar-refractivity contribution in [2.75, 3.05) is 39.4 Å². The van der Waals surface area contributed by atoms with Gasteiger partial charge in [-0.05, 0) is 38.5 Å². The summed E-state index contributed by atoms with van der Waals surface area (Å²) in [4.78, 5) is 7.24. The summed E-state index contributed by atoms with van der Waals surface area (Å²) in [5, 5.41) is 16.9. The Hall–Kier alpha value is -0.120. The van der Waals surface area contributed by atoms with Crippen LogP contribution in [-0.4, -0.2) is 73.5 Å². The van der Waals surface area contributed by atoms with Gasteiger partial charge in [0.05, 0.1) is 19.3 Å². The highest BCUT2D eigenvalue weighted by molar-refractivity contribution is 14.0. The Morgan fingerprint density at radius 3 is 2.41 bits per heavy atom. The van der Waals surface area contributed by atoms with E-state index in [1.807, 2.05) is 0 Å². The lowest BCUT2D eigenvalue weighted by Gasteiger charge is -2.36. The third-order valence-electron chi connectivity index (χ3n) is 5.28. The van der Waals surface area contributed by atoms with Gasteiger partial charge in [0.1, 0.15) is 0 Å². The third-order valence-corrected chi connectivity index (χ3v) is 5.28. The summed E-state index contributed by atoms with van der Waals surface area (Å²) in [5.74, 6) is 1.30. The standard InChI is InChI=1S/C20H40N4O2.HI/c1-4-21-20(22-13-19(25)15-26-14-16(2)3)23-17-9-11-24(12-10-17)18-7-5-6-8-18;/h16-19,25H,4-15H2,1-3H3,(H2,21,22,23);1H. The number of halogens is 1. The molecule has 0 aromatic carbocycles. The molecule has 7 heteroatoms. The number of aliphatic imine (C=N–C) groups is 1. The van der Waals surface area contributed by atoms with Crippen LogP contribution in [0.1, 0.15) is 59.3 Å². The van der Waals surface area contributed by atoms with Gasteiger partial charge in [0, 0.05) is 38.3 Å². The molecule has 1 saturated carbocycles. The van der Waals surface area contributed by atoms with E-state index in [1.54, 1.807) is 0 Å². The molecule has 1 saturated heterocycles. The molecule has 1 aliphatic heterocycles. The first kappa shape index (κ1) is 24.9. The zero-order valence-electron chi connectivity index (χ0n) is 17.5. The number of ether oxygens (including phenoxy) is 1. The molecule has 1 heterocycles. The number of nitrogens with zero attached hydrogens (tertiary/aromatic N) is 2. The first-order valence-electron chi connectivity index (χ1n) is 10.6. The van der Waals surface area contributed by atoms with Gasteiger partial charge in [-0.15, -0.1) is 24.0 Å². The van der Waals surface area contributed by atoms with Gasteiger partial charge in [0.15, 0.2) is 5.96 Å². The van der Waals surface area contributed by atoms with Crippen molar-refractivity contribution >= 4 is 29.9 Å². The number of hydrogen-bond donors (Lipinski definition) is 3. The van der Waals surface area contributed by atoms with Crippen molar-refractivity contribution in [3.8, 4) is 0 Å². The van der Waals surface area contributed by atoms with Crippen molar-refractivity contribution < 1.29 is 9.84 Å². The lowest BCUT2D eigenvalue weighted by molar-refractivity contribution is 0.0301. The van der Waals surface area contributed by atoms with Crippen molar-refractivity contribution in [3.63, 3.8) is 0 Å². The number of rotatable bonds is 9. The number of piperidine rings is 1. The summed E-state index contributed by atoms with van der Waals surface area (Å²) in [7, 11) is 0. The normalized spacial score (nSPS) is 21.3. The summed E-state index contributed by atoms with van der Waals surface area (Å²) in [6.45, 7) is 10.9. The molecule has 6 nitrogen and oxygen atoms in total. The third kappa shape index (κ3) is 9.76. The van der Waals surface area contributed by atoms with Gasteiger partial charge < -0.3 is 25.4 Å². The molecule has 1 aliphatic carbocycles. The highest BCUT2D eigenvalue weighted by Crippen LogP contribution is 2.26. The second-order valence-corrected chi connectivity index (χ2v) is 8.20. The van der Waals surface area contributed by atoms with E-state index in [1.165, 1.54) is 51.6 Å². The zero-order chi connectivity index (χ0) is 18.8. The van der Waals surface area contributed by atoms with Crippen LogP contribution in [0.2, 0.25) is 0 Å². The maximum absolute atomic E-state index is 10.0. The quantitative estimate of drug-likeness (QED) is 0.260. The lowest BCUT2D eigenvalue weighted by Crippen LogP contribution is -2.50. The number of likely N-dealkylation sites (tertiary alicyclic amines) is 1. The van der Waals surface area contributed by atoms with E-state index in [0.29, 0.717) is 31.7 Å². The fourth-order valence-electron chi connectivity index (χ4n) is 3.88. The van der Waals surface area contributed by atoms with E-state index in [4.69, 9.17) is 4.74 Å². The first-order valence-corrected chi connectivity index (χ1v) is 10.6. The molecule has 2 aliphatic rings. The Kier molecular flexibility index (Phi) is 12.9. The zero-order valence-corrected chi connectivity index (χ0v) is 19.8. The minimum atomic E-state index is -0.548. The van der Waals surface area contributed by atoms with E-state index >= 15 is 0 Å². The van der Waals surface area contributed by atoms with Crippen molar-refractivity contribution in [1.82, 2.24) is 15.5 Å². The summed E-state index contributed by atoms with van der Waals surface area (Å²) in [5.41, 5.74) is 0. The number of aliphatic hydroxyl groups is 1. The Bertz CT molecular complexity index is 409. The topological polar surface area (TPSA) is 69.1 Å². The maximum Gasteiger partial charge on any atom is 0.191 e. The Morgan fingerprint density at radius 1 is 1.15 bits per heavy atom. The molecule has 0 radical (unpaired) electrons. The largest absolute Gasteiger partial charge is 0.389 e. The van der Waals surface area contributed by atoms with Gasteiger partial charge in [-0.3, -0.25) is 4.99 Å². The number of hydrogen-bond acceptors (Lipinski definition) is 4. The van der Waals surface area contributed by atoms with E-state index in [9.17, 15) is 5.11 Å². The smallest absolute Gasteiger partial charge is 0.191 e. The summed E-state index contributed by atoms with van der Waals surface area (Å²) in [6.07, 6.45) is 7.38.